The molecule has 18 heavy (non-hydrogen) atoms. The average Bonchev–Trinajstić information content (AvgIpc) is 2.35. The van der Waals surface area contributed by atoms with Crippen molar-refractivity contribution in [2.75, 3.05) is 17.8 Å². The third-order valence-electron chi connectivity index (χ3n) is 2.90. The van der Waals surface area contributed by atoms with Crippen LogP contribution in [0.1, 0.15) is 12.8 Å². The van der Waals surface area contributed by atoms with E-state index in [4.69, 9.17) is 0 Å². The molecular weight excluding hydrogens is 323 g/mol. The van der Waals surface area contributed by atoms with Crippen LogP contribution in [0.25, 0.3) is 0 Å². The lowest BCUT2D eigenvalue weighted by molar-refractivity contribution is 0.499. The molecule has 1 aromatic rings. The van der Waals surface area contributed by atoms with Crippen LogP contribution in [0.2, 0.25) is 0 Å². The summed E-state index contributed by atoms with van der Waals surface area (Å²) in [6.07, 6.45) is 1.16. The Morgan fingerprint density at radius 2 is 2.00 bits per heavy atom. The Hall–Kier alpha value is -0.660. The van der Waals surface area contributed by atoms with Gasteiger partial charge in [-0.2, -0.15) is 0 Å². The van der Waals surface area contributed by atoms with Crippen LogP contribution in [0.15, 0.2) is 22.7 Å². The number of hydrogen-bond acceptors (Lipinski definition) is 3. The highest BCUT2D eigenvalue weighted by molar-refractivity contribution is 9.10. The summed E-state index contributed by atoms with van der Waals surface area (Å²) in [6, 6.07) is 4.18. The van der Waals surface area contributed by atoms with E-state index in [0.717, 1.165) is 0 Å². The molecule has 0 aromatic heterocycles. The second-order valence-electron chi connectivity index (χ2n) is 4.23. The normalized spacial score (nSPS) is 17.7. The third kappa shape index (κ3) is 3.21. The summed E-state index contributed by atoms with van der Waals surface area (Å²) >= 11 is 3.03. The summed E-state index contributed by atoms with van der Waals surface area (Å²) < 4.78 is 40.2. The van der Waals surface area contributed by atoms with Gasteiger partial charge in [0.25, 0.3) is 0 Å². The smallest absolute Gasteiger partial charge is 0.235 e. The summed E-state index contributed by atoms with van der Waals surface area (Å²) in [5.41, 5.74) is 0.259. The molecule has 0 amide bonds. The molecule has 0 spiro atoms. The van der Waals surface area contributed by atoms with E-state index < -0.39 is 21.1 Å². The van der Waals surface area contributed by atoms with Crippen molar-refractivity contribution < 1.29 is 12.8 Å². The first-order valence-electron chi connectivity index (χ1n) is 5.66. The number of nitrogens with one attached hydrogen (secondary N) is 2. The highest BCUT2D eigenvalue weighted by atomic mass is 79.9. The quantitative estimate of drug-likeness (QED) is 0.888. The van der Waals surface area contributed by atoms with E-state index in [1.807, 2.05) is 0 Å². The Morgan fingerprint density at radius 1 is 1.33 bits per heavy atom. The lowest BCUT2D eigenvalue weighted by atomic mass is 10.2. The fourth-order valence-electron chi connectivity index (χ4n) is 1.91. The molecule has 0 saturated carbocycles. The van der Waals surface area contributed by atoms with Crippen LogP contribution in [0.5, 0.6) is 0 Å². The second kappa shape index (κ2) is 5.54. The van der Waals surface area contributed by atoms with Gasteiger partial charge in [0.1, 0.15) is 5.82 Å². The number of halogens is 2. The number of sulfonamides is 1. The standard InChI is InChI=1S/C11H14BrFN2O2S/c12-10-2-1-8(7-11(10)13)15-18(16,17)9-3-5-14-6-4-9/h1-2,7,9,14-15H,3-6H2. The van der Waals surface area contributed by atoms with E-state index in [1.54, 1.807) is 0 Å². The topological polar surface area (TPSA) is 58.2 Å². The highest BCUT2D eigenvalue weighted by Crippen LogP contribution is 2.22. The molecule has 1 aromatic carbocycles. The molecule has 4 nitrogen and oxygen atoms in total. The van der Waals surface area contributed by atoms with Crippen LogP contribution in [-0.4, -0.2) is 26.8 Å². The average molecular weight is 337 g/mol. The van der Waals surface area contributed by atoms with Gasteiger partial charge in [-0.05, 0) is 60.1 Å². The molecule has 1 fully saturated rings. The Bertz CT molecular complexity index is 530. The molecule has 0 radical (unpaired) electrons. The molecule has 0 bridgehead atoms. The maximum atomic E-state index is 13.3. The van der Waals surface area contributed by atoms with Crippen molar-refractivity contribution in [1.29, 1.82) is 0 Å². The van der Waals surface area contributed by atoms with Gasteiger partial charge in [-0.1, -0.05) is 0 Å². The van der Waals surface area contributed by atoms with Crippen molar-refractivity contribution in [2.45, 2.75) is 18.1 Å². The Morgan fingerprint density at radius 3 is 2.61 bits per heavy atom. The van der Waals surface area contributed by atoms with Crippen LogP contribution in [0.4, 0.5) is 10.1 Å². The number of benzene rings is 1. The minimum atomic E-state index is -3.44. The second-order valence-corrected chi connectivity index (χ2v) is 7.04. The SMILES string of the molecule is O=S(=O)(Nc1ccc(Br)c(F)c1)C1CCNCC1. The molecule has 2 N–H and O–H groups in total. The molecular formula is C11H14BrFN2O2S. The summed E-state index contributed by atoms with van der Waals surface area (Å²) in [5.74, 6) is -0.486. The number of rotatable bonds is 3. The molecule has 100 valence electrons. The molecule has 7 heteroatoms. The Kier molecular flexibility index (Phi) is 4.24. The van der Waals surface area contributed by atoms with Crippen LogP contribution < -0.4 is 10.0 Å². The number of piperidine rings is 1. The molecule has 1 saturated heterocycles. The number of hydrogen-bond donors (Lipinski definition) is 2. The van der Waals surface area contributed by atoms with Crippen LogP contribution in [0.3, 0.4) is 0 Å². The molecule has 0 aliphatic carbocycles. The first-order valence-corrected chi connectivity index (χ1v) is 8.00. The monoisotopic (exact) mass is 336 g/mol. The predicted octanol–water partition coefficient (Wildman–Crippen LogP) is 2.08. The van der Waals surface area contributed by atoms with Crippen molar-refractivity contribution >= 4 is 31.6 Å². The minimum Gasteiger partial charge on any atom is -0.317 e. The molecule has 0 unspecified atom stereocenters. The van der Waals surface area contributed by atoms with Crippen LogP contribution in [0, 0.1) is 5.82 Å². The first-order chi connectivity index (χ1) is 8.49. The van der Waals surface area contributed by atoms with Crippen molar-refractivity contribution in [1.82, 2.24) is 5.32 Å². The Labute approximate surface area is 114 Å². The zero-order valence-corrected chi connectivity index (χ0v) is 12.0. The lowest BCUT2D eigenvalue weighted by Gasteiger charge is -2.23. The van der Waals surface area contributed by atoms with E-state index in [-0.39, 0.29) is 5.69 Å². The highest BCUT2D eigenvalue weighted by Gasteiger charge is 2.27. The summed E-state index contributed by atoms with van der Waals surface area (Å²) in [4.78, 5) is 0. The van der Waals surface area contributed by atoms with E-state index in [0.29, 0.717) is 30.4 Å². The van der Waals surface area contributed by atoms with Gasteiger partial charge in [0.05, 0.1) is 15.4 Å². The van der Waals surface area contributed by atoms with E-state index in [1.165, 1.54) is 18.2 Å². The molecule has 1 heterocycles. The number of anilines is 1. The predicted molar refractivity (Wildman–Crippen MR) is 72.5 cm³/mol. The third-order valence-corrected chi connectivity index (χ3v) is 5.42. The Balaban J connectivity index is 2.13. The van der Waals surface area contributed by atoms with Gasteiger partial charge in [0.2, 0.25) is 10.0 Å². The van der Waals surface area contributed by atoms with Gasteiger partial charge < -0.3 is 5.32 Å². The van der Waals surface area contributed by atoms with Gasteiger partial charge in [-0.15, -0.1) is 0 Å². The van der Waals surface area contributed by atoms with Crippen molar-refractivity contribution in [3.05, 3.63) is 28.5 Å². The molecule has 1 aliphatic heterocycles. The van der Waals surface area contributed by atoms with Gasteiger partial charge in [0, 0.05) is 0 Å². The lowest BCUT2D eigenvalue weighted by Crippen LogP contribution is -2.38. The molecule has 0 atom stereocenters. The minimum absolute atomic E-state index is 0.259. The van der Waals surface area contributed by atoms with Crippen molar-refractivity contribution in [2.24, 2.45) is 0 Å². The van der Waals surface area contributed by atoms with Gasteiger partial charge in [0.15, 0.2) is 0 Å². The largest absolute Gasteiger partial charge is 0.317 e. The van der Waals surface area contributed by atoms with Crippen LogP contribution >= 0.6 is 15.9 Å². The summed E-state index contributed by atoms with van der Waals surface area (Å²) in [5, 5.41) is 2.70. The van der Waals surface area contributed by atoms with Crippen molar-refractivity contribution in [3.8, 4) is 0 Å². The molecule has 1 aliphatic rings. The maximum Gasteiger partial charge on any atom is 0.235 e. The molecule has 2 rings (SSSR count). The van der Waals surface area contributed by atoms with Gasteiger partial charge >= 0.3 is 0 Å². The van der Waals surface area contributed by atoms with E-state index in [2.05, 4.69) is 26.0 Å². The zero-order valence-electron chi connectivity index (χ0n) is 9.62. The van der Waals surface area contributed by atoms with Gasteiger partial charge in [-0.3, -0.25) is 4.72 Å². The fraction of sp³-hybridized carbons (Fsp3) is 0.455. The summed E-state index contributed by atoms with van der Waals surface area (Å²) in [7, 11) is -3.44. The zero-order chi connectivity index (χ0) is 13.2. The first kappa shape index (κ1) is 13.8. The fourth-order valence-corrected chi connectivity index (χ4v) is 3.64. The van der Waals surface area contributed by atoms with Crippen molar-refractivity contribution in [3.63, 3.8) is 0 Å². The van der Waals surface area contributed by atoms with Gasteiger partial charge in [-0.25, -0.2) is 12.8 Å². The summed E-state index contributed by atoms with van der Waals surface area (Å²) in [6.45, 7) is 1.39. The van der Waals surface area contributed by atoms with Crippen LogP contribution in [-0.2, 0) is 10.0 Å². The van der Waals surface area contributed by atoms with E-state index >= 15 is 0 Å². The maximum absolute atomic E-state index is 13.3. The van der Waals surface area contributed by atoms with E-state index in [9.17, 15) is 12.8 Å².